The quantitative estimate of drug-likeness (QED) is 0.628. The molecule has 0 aliphatic heterocycles. The lowest BCUT2D eigenvalue weighted by molar-refractivity contribution is -0.139. The van der Waals surface area contributed by atoms with Gasteiger partial charge in [-0.15, -0.1) is 0 Å². The van der Waals surface area contributed by atoms with Gasteiger partial charge in [0.15, 0.2) is 6.61 Å². The maximum Gasteiger partial charge on any atom is 0.341 e. The number of hydrogen-bond acceptors (Lipinski definition) is 4. The first-order valence-electron chi connectivity index (χ1n) is 8.59. The lowest BCUT2D eigenvalue weighted by atomic mass is 10.2. The molecule has 0 aliphatic rings. The number of pyridine rings is 1. The fraction of sp³-hybridized carbons (Fsp3) is 0.0952. The summed E-state index contributed by atoms with van der Waals surface area (Å²) in [7, 11) is 0. The minimum Gasteiger partial charge on any atom is -0.482 e. The molecule has 1 aromatic carbocycles. The van der Waals surface area contributed by atoms with Gasteiger partial charge in [0.1, 0.15) is 11.4 Å². The Hall–Kier alpha value is -3.87. The second-order valence-electron chi connectivity index (χ2n) is 5.90. The molecule has 3 aromatic rings. The minimum atomic E-state index is -1.02. The zero-order valence-electron chi connectivity index (χ0n) is 15.0. The second kappa shape index (κ2) is 9.18. The van der Waals surface area contributed by atoms with E-state index in [2.05, 4.69) is 10.3 Å². The number of aliphatic carboxylic acids is 1. The summed E-state index contributed by atoms with van der Waals surface area (Å²) in [5.74, 6) is -0.747. The van der Waals surface area contributed by atoms with Crippen molar-refractivity contribution >= 4 is 23.6 Å². The van der Waals surface area contributed by atoms with Crippen molar-refractivity contribution in [3.63, 3.8) is 0 Å². The Bertz CT molecular complexity index is 980. The van der Waals surface area contributed by atoms with Crippen molar-refractivity contribution in [3.8, 4) is 5.75 Å². The molecule has 2 heterocycles. The summed E-state index contributed by atoms with van der Waals surface area (Å²) in [5.41, 5.74) is 2.04. The van der Waals surface area contributed by atoms with E-state index in [9.17, 15) is 9.59 Å². The monoisotopic (exact) mass is 377 g/mol. The van der Waals surface area contributed by atoms with Crippen LogP contribution in [0.5, 0.6) is 5.75 Å². The van der Waals surface area contributed by atoms with E-state index in [1.807, 2.05) is 35.0 Å². The van der Waals surface area contributed by atoms with Crippen LogP contribution in [0.1, 0.15) is 16.1 Å². The summed E-state index contributed by atoms with van der Waals surface area (Å²) in [6, 6.07) is 14.2. The van der Waals surface area contributed by atoms with E-state index in [1.165, 1.54) is 0 Å². The molecule has 0 saturated carbocycles. The Morgan fingerprint density at radius 3 is 2.86 bits per heavy atom. The summed E-state index contributed by atoms with van der Waals surface area (Å²) >= 11 is 0. The molecule has 28 heavy (non-hydrogen) atoms. The van der Waals surface area contributed by atoms with Gasteiger partial charge in [-0.25, -0.2) is 4.79 Å². The number of carbonyl (C=O) groups excluding carboxylic acids is 1. The number of carboxylic acids is 1. The highest BCUT2D eigenvalue weighted by Gasteiger charge is 2.10. The van der Waals surface area contributed by atoms with Gasteiger partial charge in [-0.1, -0.05) is 24.3 Å². The normalized spacial score (nSPS) is 10.7. The van der Waals surface area contributed by atoms with Crippen LogP contribution in [-0.4, -0.2) is 33.1 Å². The molecule has 3 rings (SSSR count). The standard InChI is InChI=1S/C21H19N3O4/c25-20(26)15-28-18-8-1-5-16(13-18)6-3-11-24-12-4-9-19(24)21(27)23-17-7-2-10-22-14-17/h1-10,12-14H,11,15H2,(H,23,27)(H,25,26)/b6-3+. The molecule has 0 spiro atoms. The van der Waals surface area contributed by atoms with Crippen LogP contribution in [0.2, 0.25) is 0 Å². The first-order chi connectivity index (χ1) is 13.6. The first-order valence-corrected chi connectivity index (χ1v) is 8.59. The molecule has 0 aliphatic carbocycles. The van der Waals surface area contributed by atoms with Crippen LogP contribution in [-0.2, 0) is 11.3 Å². The molecule has 0 radical (unpaired) electrons. The van der Waals surface area contributed by atoms with Gasteiger partial charge in [0.05, 0.1) is 11.9 Å². The summed E-state index contributed by atoms with van der Waals surface area (Å²) in [5, 5.41) is 11.5. The Morgan fingerprint density at radius 2 is 2.07 bits per heavy atom. The molecule has 0 bridgehead atoms. The van der Waals surface area contributed by atoms with Gasteiger partial charge in [-0.3, -0.25) is 9.78 Å². The van der Waals surface area contributed by atoms with Crippen LogP contribution in [0.25, 0.3) is 6.08 Å². The first kappa shape index (κ1) is 18.9. The Balaban J connectivity index is 1.62. The smallest absolute Gasteiger partial charge is 0.341 e. The lowest BCUT2D eigenvalue weighted by Gasteiger charge is -2.08. The molecule has 142 valence electrons. The zero-order valence-corrected chi connectivity index (χ0v) is 15.0. The fourth-order valence-electron chi connectivity index (χ4n) is 2.57. The molecule has 0 unspecified atom stereocenters. The van der Waals surface area contributed by atoms with Gasteiger partial charge >= 0.3 is 5.97 Å². The zero-order chi connectivity index (χ0) is 19.8. The topological polar surface area (TPSA) is 93.5 Å². The molecule has 2 N–H and O–H groups in total. The van der Waals surface area contributed by atoms with E-state index in [0.717, 1.165) is 5.56 Å². The van der Waals surface area contributed by atoms with Gasteiger partial charge in [0, 0.05) is 18.9 Å². The van der Waals surface area contributed by atoms with Crippen molar-refractivity contribution in [2.75, 3.05) is 11.9 Å². The lowest BCUT2D eigenvalue weighted by Crippen LogP contribution is -2.16. The number of nitrogens with zero attached hydrogens (tertiary/aromatic N) is 2. The molecule has 7 nitrogen and oxygen atoms in total. The molecular weight excluding hydrogens is 358 g/mol. The molecule has 0 saturated heterocycles. The molecule has 1 amide bonds. The van der Waals surface area contributed by atoms with Crippen LogP contribution in [0, 0.1) is 0 Å². The van der Waals surface area contributed by atoms with Crippen molar-refractivity contribution in [2.24, 2.45) is 0 Å². The van der Waals surface area contributed by atoms with E-state index in [0.29, 0.717) is 23.7 Å². The van der Waals surface area contributed by atoms with E-state index in [-0.39, 0.29) is 12.5 Å². The number of carboxylic acid groups (broad SMARTS) is 1. The molecule has 0 atom stereocenters. The fourth-order valence-corrected chi connectivity index (χ4v) is 2.57. The number of amides is 1. The summed E-state index contributed by atoms with van der Waals surface area (Å²) in [6.45, 7) is 0.120. The number of anilines is 1. The van der Waals surface area contributed by atoms with Crippen LogP contribution >= 0.6 is 0 Å². The molecule has 0 fully saturated rings. The maximum atomic E-state index is 12.5. The summed E-state index contributed by atoms with van der Waals surface area (Å²) in [6.07, 6.45) is 8.86. The predicted molar refractivity (Wildman–Crippen MR) is 105 cm³/mol. The number of hydrogen-bond donors (Lipinski definition) is 2. The largest absolute Gasteiger partial charge is 0.482 e. The van der Waals surface area contributed by atoms with Crippen molar-refractivity contribution in [1.29, 1.82) is 0 Å². The number of aromatic nitrogens is 2. The Labute approximate surface area is 161 Å². The number of carbonyl (C=O) groups is 2. The number of benzene rings is 1. The Morgan fingerprint density at radius 1 is 1.18 bits per heavy atom. The van der Waals surface area contributed by atoms with Crippen LogP contribution < -0.4 is 10.1 Å². The van der Waals surface area contributed by atoms with E-state index < -0.39 is 5.97 Å². The van der Waals surface area contributed by atoms with Gasteiger partial charge < -0.3 is 19.7 Å². The summed E-state index contributed by atoms with van der Waals surface area (Å²) in [4.78, 5) is 27.0. The SMILES string of the molecule is O=C(O)COc1cccc(/C=C/Cn2cccc2C(=O)Nc2cccnc2)c1. The number of rotatable bonds is 8. The number of nitrogens with one attached hydrogen (secondary N) is 1. The highest BCUT2D eigenvalue weighted by molar-refractivity contribution is 6.03. The van der Waals surface area contributed by atoms with E-state index in [1.54, 1.807) is 48.8 Å². The number of ether oxygens (including phenoxy) is 1. The van der Waals surface area contributed by atoms with Gasteiger partial charge in [-0.2, -0.15) is 0 Å². The second-order valence-corrected chi connectivity index (χ2v) is 5.90. The predicted octanol–water partition coefficient (Wildman–Crippen LogP) is 3.31. The van der Waals surface area contributed by atoms with Crippen molar-refractivity contribution in [1.82, 2.24) is 9.55 Å². The molecule has 7 heteroatoms. The highest BCUT2D eigenvalue weighted by Crippen LogP contribution is 2.15. The van der Waals surface area contributed by atoms with E-state index in [4.69, 9.17) is 9.84 Å². The van der Waals surface area contributed by atoms with Gasteiger partial charge in [-0.05, 0) is 42.0 Å². The van der Waals surface area contributed by atoms with E-state index >= 15 is 0 Å². The summed E-state index contributed by atoms with van der Waals surface area (Å²) < 4.78 is 7.00. The van der Waals surface area contributed by atoms with Crippen LogP contribution in [0.15, 0.2) is 73.2 Å². The third-order valence-corrected chi connectivity index (χ3v) is 3.81. The van der Waals surface area contributed by atoms with Crippen molar-refractivity contribution in [2.45, 2.75) is 6.54 Å². The third-order valence-electron chi connectivity index (χ3n) is 3.81. The van der Waals surface area contributed by atoms with Gasteiger partial charge in [0.25, 0.3) is 5.91 Å². The molecular formula is C21H19N3O4. The number of allylic oxidation sites excluding steroid dienone is 1. The minimum absolute atomic E-state index is 0.213. The molecule has 2 aromatic heterocycles. The Kier molecular flexibility index (Phi) is 6.20. The maximum absolute atomic E-state index is 12.5. The van der Waals surface area contributed by atoms with Crippen LogP contribution in [0.3, 0.4) is 0 Å². The van der Waals surface area contributed by atoms with Crippen LogP contribution in [0.4, 0.5) is 5.69 Å². The van der Waals surface area contributed by atoms with Crippen molar-refractivity contribution in [3.05, 3.63) is 84.5 Å². The third kappa shape index (κ3) is 5.31. The van der Waals surface area contributed by atoms with Gasteiger partial charge in [0.2, 0.25) is 0 Å². The average molecular weight is 377 g/mol. The van der Waals surface area contributed by atoms with Crippen molar-refractivity contribution < 1.29 is 19.4 Å². The highest BCUT2D eigenvalue weighted by atomic mass is 16.5. The average Bonchev–Trinajstić information content (AvgIpc) is 3.16.